The molecular formula is C29H35NO6S. The zero-order chi connectivity index (χ0) is 26.8. The molecule has 8 heteroatoms. The van der Waals surface area contributed by atoms with Crippen LogP contribution < -0.4 is 14.8 Å². The molecule has 7 nitrogen and oxygen atoms in total. The van der Waals surface area contributed by atoms with E-state index in [9.17, 15) is 13.2 Å². The lowest BCUT2D eigenvalue weighted by atomic mass is 9.94. The summed E-state index contributed by atoms with van der Waals surface area (Å²) in [6, 6.07) is 19.7. The van der Waals surface area contributed by atoms with Gasteiger partial charge in [-0.3, -0.25) is 4.79 Å². The summed E-state index contributed by atoms with van der Waals surface area (Å²) in [5.41, 5.74) is 6.27. The molecular weight excluding hydrogens is 490 g/mol. The van der Waals surface area contributed by atoms with Crippen LogP contribution in [0.1, 0.15) is 30.0 Å². The van der Waals surface area contributed by atoms with Crippen molar-refractivity contribution in [3.63, 3.8) is 0 Å². The van der Waals surface area contributed by atoms with Crippen LogP contribution in [0, 0.1) is 13.8 Å². The van der Waals surface area contributed by atoms with Crippen molar-refractivity contribution in [1.29, 1.82) is 0 Å². The Bertz CT molecular complexity index is 1280. The van der Waals surface area contributed by atoms with E-state index in [1.165, 1.54) is 6.26 Å². The molecule has 0 spiro atoms. The van der Waals surface area contributed by atoms with Crippen molar-refractivity contribution in [2.24, 2.45) is 0 Å². The number of rotatable bonds is 13. The van der Waals surface area contributed by atoms with E-state index in [0.29, 0.717) is 26.2 Å². The molecule has 0 aromatic heterocycles. The average molecular weight is 526 g/mol. The number of sulfone groups is 1. The summed E-state index contributed by atoms with van der Waals surface area (Å²) in [6.07, 6.45) is 1.70. The van der Waals surface area contributed by atoms with Gasteiger partial charge in [-0.05, 0) is 97.5 Å². The SMILES string of the molecule is CCOC(=O)CNc1ccc(OCc2cccc(-c3c(C)cc(OCCCS(C)(=O)=O)cc3C)c2)cc1. The molecule has 3 rings (SSSR count). The van der Waals surface area contributed by atoms with Crippen LogP contribution in [0.25, 0.3) is 11.1 Å². The highest BCUT2D eigenvalue weighted by atomic mass is 32.2. The maximum absolute atomic E-state index is 11.5. The van der Waals surface area contributed by atoms with Crippen LogP contribution >= 0.6 is 0 Å². The molecule has 198 valence electrons. The number of hydrogen-bond donors (Lipinski definition) is 1. The molecule has 0 aliphatic rings. The van der Waals surface area contributed by atoms with Gasteiger partial charge in [0.15, 0.2) is 0 Å². The first-order valence-corrected chi connectivity index (χ1v) is 14.3. The van der Waals surface area contributed by atoms with E-state index in [2.05, 4.69) is 17.4 Å². The van der Waals surface area contributed by atoms with Crippen LogP contribution in [0.5, 0.6) is 11.5 Å². The number of nitrogens with one attached hydrogen (secondary N) is 1. The van der Waals surface area contributed by atoms with Gasteiger partial charge in [0.25, 0.3) is 0 Å². The van der Waals surface area contributed by atoms with Crippen molar-refractivity contribution < 1.29 is 27.4 Å². The average Bonchev–Trinajstić information content (AvgIpc) is 2.84. The van der Waals surface area contributed by atoms with Gasteiger partial charge in [-0.1, -0.05) is 18.2 Å². The van der Waals surface area contributed by atoms with Gasteiger partial charge in [0.1, 0.15) is 34.5 Å². The van der Waals surface area contributed by atoms with Crippen molar-refractivity contribution >= 4 is 21.5 Å². The molecule has 0 aliphatic heterocycles. The van der Waals surface area contributed by atoms with Gasteiger partial charge < -0.3 is 19.5 Å². The number of carbonyl (C=O) groups excluding carboxylic acids is 1. The highest BCUT2D eigenvalue weighted by Crippen LogP contribution is 2.32. The predicted octanol–water partition coefficient (Wildman–Crippen LogP) is 5.34. The number of hydrogen-bond acceptors (Lipinski definition) is 7. The summed E-state index contributed by atoms with van der Waals surface area (Å²) >= 11 is 0. The molecule has 0 fully saturated rings. The second kappa shape index (κ2) is 13.1. The molecule has 0 unspecified atom stereocenters. The molecule has 1 N–H and O–H groups in total. The highest BCUT2D eigenvalue weighted by molar-refractivity contribution is 7.90. The second-order valence-electron chi connectivity index (χ2n) is 8.94. The normalized spacial score (nSPS) is 11.1. The van der Waals surface area contributed by atoms with E-state index in [0.717, 1.165) is 45.0 Å². The third-order valence-electron chi connectivity index (χ3n) is 5.65. The van der Waals surface area contributed by atoms with Gasteiger partial charge >= 0.3 is 5.97 Å². The molecule has 37 heavy (non-hydrogen) atoms. The standard InChI is InChI=1S/C29H35NO6S/c1-5-34-28(31)19-30-25-10-12-26(13-11-25)36-20-23-8-6-9-24(18-23)29-21(2)16-27(17-22(29)3)35-14-7-15-37(4,32)33/h6,8-13,16-18,30H,5,7,14-15,19-20H2,1-4H3. The lowest BCUT2D eigenvalue weighted by Gasteiger charge is -2.15. The lowest BCUT2D eigenvalue weighted by molar-refractivity contribution is -0.140. The number of anilines is 1. The Morgan fingerprint density at radius 2 is 1.62 bits per heavy atom. The summed E-state index contributed by atoms with van der Waals surface area (Å²) in [5.74, 6) is 1.30. The van der Waals surface area contributed by atoms with Gasteiger partial charge in [0.05, 0.1) is 19.0 Å². The fourth-order valence-electron chi connectivity index (χ4n) is 4.01. The lowest BCUT2D eigenvalue weighted by Crippen LogP contribution is -2.16. The fourth-order valence-corrected chi connectivity index (χ4v) is 4.65. The van der Waals surface area contributed by atoms with Crippen molar-refractivity contribution in [2.45, 2.75) is 33.8 Å². The molecule has 3 aromatic carbocycles. The van der Waals surface area contributed by atoms with Crippen molar-refractivity contribution in [3.8, 4) is 22.6 Å². The Hall–Kier alpha value is -3.52. The Balaban J connectivity index is 1.60. The van der Waals surface area contributed by atoms with Crippen molar-refractivity contribution in [3.05, 3.63) is 77.4 Å². The van der Waals surface area contributed by atoms with Crippen LogP contribution in [0.3, 0.4) is 0 Å². The molecule has 0 bridgehead atoms. The number of aryl methyl sites for hydroxylation is 2. The molecule has 0 saturated carbocycles. The largest absolute Gasteiger partial charge is 0.494 e. The highest BCUT2D eigenvalue weighted by Gasteiger charge is 2.10. The molecule has 0 heterocycles. The first-order valence-electron chi connectivity index (χ1n) is 12.3. The molecule has 0 saturated heterocycles. The molecule has 0 amide bonds. The number of carbonyl (C=O) groups is 1. The Morgan fingerprint density at radius 3 is 2.27 bits per heavy atom. The quantitative estimate of drug-likeness (QED) is 0.238. The summed E-state index contributed by atoms with van der Waals surface area (Å²) in [6.45, 7) is 7.14. The maximum Gasteiger partial charge on any atom is 0.325 e. The molecule has 3 aromatic rings. The number of benzene rings is 3. The van der Waals surface area contributed by atoms with Gasteiger partial charge in [-0.2, -0.15) is 0 Å². The number of esters is 1. The summed E-state index contributed by atoms with van der Waals surface area (Å²) in [7, 11) is -2.98. The van der Waals surface area contributed by atoms with E-state index < -0.39 is 9.84 Å². The minimum atomic E-state index is -2.98. The Morgan fingerprint density at radius 1 is 0.919 bits per heavy atom. The molecule has 0 aliphatic carbocycles. The zero-order valence-electron chi connectivity index (χ0n) is 21.9. The topological polar surface area (TPSA) is 90.9 Å². The smallest absolute Gasteiger partial charge is 0.325 e. The van der Waals surface area contributed by atoms with E-state index in [1.54, 1.807) is 6.92 Å². The third-order valence-corrected chi connectivity index (χ3v) is 6.68. The van der Waals surface area contributed by atoms with E-state index >= 15 is 0 Å². The van der Waals surface area contributed by atoms with Gasteiger partial charge in [-0.25, -0.2) is 8.42 Å². The fraction of sp³-hybridized carbons (Fsp3) is 0.345. The van der Waals surface area contributed by atoms with Crippen LogP contribution in [-0.2, 0) is 26.0 Å². The third kappa shape index (κ3) is 9.13. The maximum atomic E-state index is 11.5. The van der Waals surface area contributed by atoms with Crippen molar-refractivity contribution in [1.82, 2.24) is 0 Å². The van der Waals surface area contributed by atoms with Gasteiger partial charge in [0.2, 0.25) is 0 Å². The van der Waals surface area contributed by atoms with E-state index in [4.69, 9.17) is 14.2 Å². The van der Waals surface area contributed by atoms with E-state index in [-0.39, 0.29) is 18.3 Å². The Kier molecular flexibility index (Phi) is 9.97. The van der Waals surface area contributed by atoms with Gasteiger partial charge in [-0.15, -0.1) is 0 Å². The monoisotopic (exact) mass is 525 g/mol. The van der Waals surface area contributed by atoms with Crippen LogP contribution in [0.4, 0.5) is 5.69 Å². The minimum Gasteiger partial charge on any atom is -0.494 e. The summed E-state index contributed by atoms with van der Waals surface area (Å²) < 4.78 is 39.3. The summed E-state index contributed by atoms with van der Waals surface area (Å²) in [4.78, 5) is 11.5. The first kappa shape index (κ1) is 28.1. The van der Waals surface area contributed by atoms with Crippen LogP contribution in [-0.4, -0.2) is 46.2 Å². The zero-order valence-corrected chi connectivity index (χ0v) is 22.7. The van der Waals surface area contributed by atoms with Crippen molar-refractivity contribution in [2.75, 3.05) is 37.1 Å². The minimum absolute atomic E-state index is 0.119. The van der Waals surface area contributed by atoms with Crippen LogP contribution in [0.15, 0.2) is 60.7 Å². The van der Waals surface area contributed by atoms with Gasteiger partial charge in [0, 0.05) is 11.9 Å². The number of ether oxygens (including phenoxy) is 3. The first-order chi connectivity index (χ1) is 17.6. The molecule has 0 radical (unpaired) electrons. The summed E-state index contributed by atoms with van der Waals surface area (Å²) in [5, 5.41) is 3.03. The van der Waals surface area contributed by atoms with Crippen LogP contribution in [0.2, 0.25) is 0 Å². The molecule has 0 atom stereocenters. The second-order valence-corrected chi connectivity index (χ2v) is 11.2. The predicted molar refractivity (Wildman–Crippen MR) is 147 cm³/mol. The Labute approximate surface area is 219 Å². The van der Waals surface area contributed by atoms with E-state index in [1.807, 2.05) is 62.4 Å².